The van der Waals surface area contributed by atoms with Gasteiger partial charge in [-0.1, -0.05) is 0 Å². The van der Waals surface area contributed by atoms with Gasteiger partial charge in [0.1, 0.15) is 48.8 Å². The maximum atomic E-state index is 11.7. The Labute approximate surface area is 171 Å². The predicted octanol–water partition coefficient (Wildman–Crippen LogP) is -6.17. The van der Waals surface area contributed by atoms with Gasteiger partial charge < -0.3 is 61.2 Å². The fourth-order valence-corrected chi connectivity index (χ4v) is 3.34. The van der Waals surface area contributed by atoms with Crippen LogP contribution in [0.3, 0.4) is 0 Å². The first-order valence-corrected chi connectivity index (χ1v) is 9.31. The zero-order valence-corrected chi connectivity index (χ0v) is 16.2. The van der Waals surface area contributed by atoms with Gasteiger partial charge in [0, 0.05) is 6.92 Å². The van der Waals surface area contributed by atoms with Gasteiger partial charge >= 0.3 is 0 Å². The molecule has 10 atom stereocenters. The number of hydrogen-bond donors (Lipinski definition) is 9. The second kappa shape index (κ2) is 10.7. The van der Waals surface area contributed by atoms with Gasteiger partial charge in [-0.25, -0.2) is 0 Å². The summed E-state index contributed by atoms with van der Waals surface area (Å²) in [6.45, 7) is -0.613. The molecule has 2 aliphatic heterocycles. The molecule has 30 heavy (non-hydrogen) atoms. The fourth-order valence-electron chi connectivity index (χ4n) is 3.34. The van der Waals surface area contributed by atoms with Crippen molar-refractivity contribution in [1.82, 2.24) is 10.6 Å². The van der Waals surface area contributed by atoms with Crippen LogP contribution in [0.2, 0.25) is 0 Å². The third-order valence-electron chi connectivity index (χ3n) is 4.90. The Balaban J connectivity index is 2.23. The number of ether oxygens (including phenoxy) is 3. The lowest BCUT2D eigenvalue weighted by molar-refractivity contribution is -0.336. The molecule has 2 amide bonds. The highest BCUT2D eigenvalue weighted by Crippen LogP contribution is 2.28. The molecule has 2 saturated heterocycles. The Morgan fingerprint density at radius 3 is 2.10 bits per heavy atom. The van der Waals surface area contributed by atoms with Crippen LogP contribution in [0.15, 0.2) is 0 Å². The average Bonchev–Trinajstić information content (AvgIpc) is 2.71. The Morgan fingerprint density at radius 2 is 1.57 bits per heavy atom. The quantitative estimate of drug-likeness (QED) is 0.180. The Kier molecular flexibility index (Phi) is 8.86. The van der Waals surface area contributed by atoms with E-state index in [2.05, 4.69) is 10.6 Å². The average molecular weight is 439 g/mol. The summed E-state index contributed by atoms with van der Waals surface area (Å²) in [5.74, 6) is -1.21. The van der Waals surface area contributed by atoms with Gasteiger partial charge in [-0.3, -0.25) is 9.59 Å². The van der Waals surface area contributed by atoms with Crippen LogP contribution in [0.5, 0.6) is 0 Å². The van der Waals surface area contributed by atoms with Gasteiger partial charge in [-0.05, 0) is 0 Å². The van der Waals surface area contributed by atoms with Gasteiger partial charge in [0.2, 0.25) is 11.8 Å². The molecule has 10 N–H and O–H groups in total. The fraction of sp³-hybridized carbons (Fsp3) is 0.875. The largest absolute Gasteiger partial charge is 0.394 e. The van der Waals surface area contributed by atoms with E-state index in [-0.39, 0.29) is 0 Å². The minimum Gasteiger partial charge on any atom is -0.394 e. The highest BCUT2D eigenvalue weighted by Gasteiger charge is 2.51. The number of rotatable bonds is 7. The van der Waals surface area contributed by atoms with E-state index in [1.54, 1.807) is 0 Å². The van der Waals surface area contributed by atoms with Crippen LogP contribution in [0, 0.1) is 0 Å². The van der Waals surface area contributed by atoms with Crippen molar-refractivity contribution in [2.24, 2.45) is 5.73 Å². The summed E-state index contributed by atoms with van der Waals surface area (Å²) in [5.41, 5.74) is 5.25. The van der Waals surface area contributed by atoms with Crippen LogP contribution in [-0.2, 0) is 23.8 Å². The lowest BCUT2D eigenvalue weighted by atomic mass is 9.94. The number of hydrogen-bond acceptors (Lipinski definition) is 12. The summed E-state index contributed by atoms with van der Waals surface area (Å²) in [7, 11) is 0. The van der Waals surface area contributed by atoms with Crippen molar-refractivity contribution in [2.45, 2.75) is 68.2 Å². The maximum Gasteiger partial charge on any atom is 0.235 e. The lowest BCUT2D eigenvalue weighted by Gasteiger charge is -2.47. The first-order valence-electron chi connectivity index (χ1n) is 9.31. The Morgan fingerprint density at radius 1 is 0.933 bits per heavy atom. The van der Waals surface area contributed by atoms with Gasteiger partial charge in [0.15, 0.2) is 12.5 Å². The van der Waals surface area contributed by atoms with Crippen molar-refractivity contribution in [3.05, 3.63) is 0 Å². The lowest BCUT2D eigenvalue weighted by Crippen LogP contribution is -2.70. The summed E-state index contributed by atoms with van der Waals surface area (Å²) in [5, 5.41) is 64.4. The molecule has 2 heterocycles. The van der Waals surface area contributed by atoms with E-state index < -0.39 is 92.9 Å². The second-order valence-corrected chi connectivity index (χ2v) is 7.06. The number of carbonyl (C=O) groups is 2. The van der Waals surface area contributed by atoms with E-state index in [0.29, 0.717) is 0 Å². The van der Waals surface area contributed by atoms with E-state index in [4.69, 9.17) is 19.9 Å². The van der Waals surface area contributed by atoms with E-state index in [9.17, 15) is 40.2 Å². The smallest absolute Gasteiger partial charge is 0.235 e. The van der Waals surface area contributed by atoms with Crippen LogP contribution >= 0.6 is 0 Å². The molecule has 14 nitrogen and oxygen atoms in total. The topological polar surface area (TPSA) is 233 Å². The van der Waals surface area contributed by atoms with Crippen LogP contribution in [0.25, 0.3) is 0 Å². The van der Waals surface area contributed by atoms with Crippen molar-refractivity contribution in [3.8, 4) is 0 Å². The van der Waals surface area contributed by atoms with Crippen LogP contribution < -0.4 is 16.4 Å². The van der Waals surface area contributed by atoms with Gasteiger partial charge in [-0.15, -0.1) is 0 Å². The number of aliphatic hydroxyl groups excluding tert-OH is 6. The number of amides is 2. The van der Waals surface area contributed by atoms with E-state index in [0.717, 1.165) is 0 Å². The Hall–Kier alpha value is -1.46. The van der Waals surface area contributed by atoms with Crippen molar-refractivity contribution in [3.63, 3.8) is 0 Å². The molecule has 0 saturated carbocycles. The van der Waals surface area contributed by atoms with Crippen LogP contribution in [-0.4, -0.2) is 123 Å². The Bertz CT molecular complexity index is 595. The molecule has 0 aromatic heterocycles. The summed E-state index contributed by atoms with van der Waals surface area (Å²) < 4.78 is 16.3. The van der Waals surface area contributed by atoms with Gasteiger partial charge in [0.25, 0.3) is 0 Å². The zero-order chi connectivity index (χ0) is 22.6. The molecule has 174 valence electrons. The van der Waals surface area contributed by atoms with Crippen molar-refractivity contribution in [1.29, 1.82) is 0 Å². The molecule has 2 aliphatic rings. The molecule has 2 rings (SSSR count). The summed E-state index contributed by atoms with van der Waals surface area (Å²) in [6.07, 6.45) is -13.5. The second-order valence-electron chi connectivity index (χ2n) is 7.06. The SMILES string of the molecule is CC(=O)N[C@@H]1[C@@H](O)[C@H](O[C@@H]2O[C@H](CO)[C@H](O)[C@H](O)[C@H]2O)[C@@H](CO)O[C@H]1NC(=O)CN. The van der Waals surface area contributed by atoms with Gasteiger partial charge in [0.05, 0.1) is 19.8 Å². The molecule has 0 spiro atoms. The maximum absolute atomic E-state index is 11.7. The monoisotopic (exact) mass is 439 g/mol. The molecule has 0 aromatic rings. The number of carbonyl (C=O) groups excluding carboxylic acids is 2. The first kappa shape index (κ1) is 24.8. The van der Waals surface area contributed by atoms with Crippen LogP contribution in [0.4, 0.5) is 0 Å². The van der Waals surface area contributed by atoms with Crippen molar-refractivity contribution in [2.75, 3.05) is 19.8 Å². The van der Waals surface area contributed by atoms with E-state index in [1.807, 2.05) is 0 Å². The summed E-state index contributed by atoms with van der Waals surface area (Å²) in [4.78, 5) is 23.2. The molecule has 2 fully saturated rings. The standard InChI is InChI=1S/C16H29N3O11/c1-5(22)18-9-11(25)14(7(4-21)28-15(9)19-8(23)2-17)30-16-13(27)12(26)10(24)6(3-20)29-16/h6-7,9-16,20-21,24-27H,2-4,17H2,1H3,(H,18,22)(H,19,23)/t6-,7-,9-,10+,11-,12+,13-,14-,15-,16+/m1/s1. The first-order chi connectivity index (χ1) is 14.1. The van der Waals surface area contributed by atoms with Crippen molar-refractivity contribution >= 4 is 11.8 Å². The molecule has 0 radical (unpaired) electrons. The van der Waals surface area contributed by atoms with E-state index in [1.165, 1.54) is 6.92 Å². The van der Waals surface area contributed by atoms with Crippen molar-refractivity contribution < 1.29 is 54.4 Å². The predicted molar refractivity (Wildman–Crippen MR) is 95.2 cm³/mol. The summed E-state index contributed by atoms with van der Waals surface area (Å²) >= 11 is 0. The third kappa shape index (κ3) is 5.42. The number of nitrogens with one attached hydrogen (secondary N) is 2. The van der Waals surface area contributed by atoms with Gasteiger partial charge in [-0.2, -0.15) is 0 Å². The molecule has 0 aliphatic carbocycles. The number of nitrogens with two attached hydrogens (primary N) is 1. The molecule has 0 aromatic carbocycles. The summed E-state index contributed by atoms with van der Waals surface area (Å²) in [6, 6.07) is -1.23. The number of aliphatic hydroxyl groups is 6. The van der Waals surface area contributed by atoms with Crippen LogP contribution in [0.1, 0.15) is 6.92 Å². The molecular weight excluding hydrogens is 410 g/mol. The normalized spacial score (nSPS) is 41.9. The minimum absolute atomic E-state index is 0.392. The molecular formula is C16H29N3O11. The zero-order valence-electron chi connectivity index (χ0n) is 16.2. The molecule has 0 bridgehead atoms. The van der Waals surface area contributed by atoms with E-state index >= 15 is 0 Å². The third-order valence-corrected chi connectivity index (χ3v) is 4.90. The highest BCUT2D eigenvalue weighted by molar-refractivity contribution is 5.78. The molecule has 0 unspecified atom stereocenters. The highest BCUT2D eigenvalue weighted by atomic mass is 16.7. The minimum atomic E-state index is -1.76. The molecule has 14 heteroatoms.